The molecule has 1 aliphatic rings. The van der Waals surface area contributed by atoms with Gasteiger partial charge in [0.15, 0.2) is 0 Å². The van der Waals surface area contributed by atoms with E-state index < -0.39 is 63.5 Å². The summed E-state index contributed by atoms with van der Waals surface area (Å²) in [6.45, 7) is 1.90. The van der Waals surface area contributed by atoms with Crippen LogP contribution in [0, 0.1) is 0 Å². The van der Waals surface area contributed by atoms with E-state index in [4.69, 9.17) is 4.74 Å². The summed E-state index contributed by atoms with van der Waals surface area (Å²) in [7, 11) is -4.62. The third-order valence-corrected chi connectivity index (χ3v) is 7.15. The van der Waals surface area contributed by atoms with E-state index in [1.54, 1.807) is 0 Å². The fourth-order valence-electron chi connectivity index (χ4n) is 3.37. The van der Waals surface area contributed by atoms with E-state index in [1.807, 2.05) is 0 Å². The third-order valence-electron chi connectivity index (χ3n) is 5.37. The van der Waals surface area contributed by atoms with Crippen LogP contribution in [-0.4, -0.2) is 57.8 Å². The molecule has 0 radical (unpaired) electrons. The molecule has 0 bridgehead atoms. The molecule has 17 heteroatoms. The van der Waals surface area contributed by atoms with Crippen molar-refractivity contribution in [2.24, 2.45) is 0 Å². The van der Waals surface area contributed by atoms with Gasteiger partial charge in [-0.1, -0.05) is 6.07 Å². The lowest BCUT2D eigenvalue weighted by Gasteiger charge is -2.36. The zero-order valence-electron chi connectivity index (χ0n) is 21.0. The first kappa shape index (κ1) is 30.6. The monoisotopic (exact) mass is 599 g/mol. The minimum Gasteiger partial charge on any atom is -0.484 e. The second kappa shape index (κ2) is 10.9. The van der Waals surface area contributed by atoms with Crippen molar-refractivity contribution in [2.75, 3.05) is 22.7 Å². The Morgan fingerprint density at radius 1 is 1.07 bits per heavy atom. The quantitative estimate of drug-likeness (QED) is 0.447. The van der Waals surface area contributed by atoms with E-state index in [1.165, 1.54) is 19.1 Å². The first-order valence-corrected chi connectivity index (χ1v) is 12.7. The SMILES string of the molecule is CC(=O)NC[C@H]1CN(S(=O)(=O)c2cccc(OC(F)(F)F)c2)c2cc(NC(=O)OC(C)(C)C(F)(F)F)ccc2O1. The predicted octanol–water partition coefficient (Wildman–Crippen LogP) is 4.57. The van der Waals surface area contributed by atoms with Gasteiger partial charge in [-0.2, -0.15) is 13.2 Å². The first-order chi connectivity index (χ1) is 18.3. The van der Waals surface area contributed by atoms with Gasteiger partial charge in [-0.25, -0.2) is 13.2 Å². The first-order valence-electron chi connectivity index (χ1n) is 11.3. The molecule has 2 aromatic rings. The van der Waals surface area contributed by atoms with Gasteiger partial charge < -0.3 is 19.5 Å². The topological polar surface area (TPSA) is 123 Å². The maximum Gasteiger partial charge on any atom is 0.573 e. The van der Waals surface area contributed by atoms with Gasteiger partial charge in [-0.3, -0.25) is 14.4 Å². The van der Waals surface area contributed by atoms with Crippen LogP contribution >= 0.6 is 0 Å². The van der Waals surface area contributed by atoms with Gasteiger partial charge in [0, 0.05) is 18.7 Å². The summed E-state index contributed by atoms with van der Waals surface area (Å²) in [5, 5.41) is 4.55. The highest BCUT2D eigenvalue weighted by Gasteiger charge is 2.51. The number of ether oxygens (including phenoxy) is 3. The largest absolute Gasteiger partial charge is 0.573 e. The molecule has 1 heterocycles. The summed E-state index contributed by atoms with van der Waals surface area (Å²) in [4.78, 5) is 22.9. The smallest absolute Gasteiger partial charge is 0.484 e. The number of nitrogens with zero attached hydrogens (tertiary/aromatic N) is 1. The predicted molar refractivity (Wildman–Crippen MR) is 127 cm³/mol. The number of benzene rings is 2. The summed E-state index contributed by atoms with van der Waals surface area (Å²) in [5.41, 5.74) is -3.22. The highest BCUT2D eigenvalue weighted by molar-refractivity contribution is 7.92. The van der Waals surface area contributed by atoms with Crippen LogP contribution in [0.2, 0.25) is 0 Å². The molecule has 1 atom stereocenters. The van der Waals surface area contributed by atoms with Gasteiger partial charge in [-0.05, 0) is 44.2 Å². The van der Waals surface area contributed by atoms with Crippen molar-refractivity contribution in [1.29, 1.82) is 0 Å². The molecule has 40 heavy (non-hydrogen) atoms. The van der Waals surface area contributed by atoms with Gasteiger partial charge in [0.2, 0.25) is 11.5 Å². The second-order valence-corrected chi connectivity index (χ2v) is 10.8. The number of amides is 2. The van der Waals surface area contributed by atoms with Crippen molar-refractivity contribution in [3.05, 3.63) is 42.5 Å². The normalized spacial score (nSPS) is 15.9. The zero-order valence-corrected chi connectivity index (χ0v) is 21.8. The van der Waals surface area contributed by atoms with Crippen LogP contribution in [0.3, 0.4) is 0 Å². The van der Waals surface area contributed by atoms with Gasteiger partial charge >= 0.3 is 18.6 Å². The standard InChI is InChI=1S/C23H23F6N3O7S/c1-13(33)30-11-16-12-32(40(35,36)17-6-4-5-15(10-17)38-23(27,28)29)18-9-14(7-8-19(18)37-16)31-20(34)39-21(2,3)22(24,25)26/h4-10,16H,11-12H2,1-3H3,(H,30,33)(H,31,34)/t16-/m0/s1. The summed E-state index contributed by atoms with van der Waals surface area (Å²) < 4.78 is 119. The highest BCUT2D eigenvalue weighted by atomic mass is 32.2. The number of hydrogen-bond acceptors (Lipinski definition) is 7. The van der Waals surface area contributed by atoms with Crippen LogP contribution in [0.25, 0.3) is 0 Å². The molecular formula is C23H23F6N3O7S. The van der Waals surface area contributed by atoms with E-state index in [-0.39, 0.29) is 23.7 Å². The molecule has 0 spiro atoms. The second-order valence-electron chi connectivity index (χ2n) is 8.94. The number of halogens is 6. The number of carbonyl (C=O) groups is 2. The maximum atomic E-state index is 13.6. The van der Waals surface area contributed by atoms with Crippen molar-refractivity contribution in [3.8, 4) is 11.5 Å². The van der Waals surface area contributed by atoms with Crippen LogP contribution in [0.1, 0.15) is 20.8 Å². The van der Waals surface area contributed by atoms with E-state index in [9.17, 15) is 44.3 Å². The number of fused-ring (bicyclic) bond motifs is 1. The Balaban J connectivity index is 1.98. The number of hydrogen-bond donors (Lipinski definition) is 2. The number of alkyl halides is 6. The van der Waals surface area contributed by atoms with Crippen LogP contribution in [0.15, 0.2) is 47.4 Å². The third kappa shape index (κ3) is 7.40. The summed E-state index contributed by atoms with van der Waals surface area (Å²) >= 11 is 0. The van der Waals surface area contributed by atoms with Crippen molar-refractivity contribution in [1.82, 2.24) is 5.32 Å². The van der Waals surface area contributed by atoms with Crippen LogP contribution < -0.4 is 24.4 Å². The Morgan fingerprint density at radius 2 is 1.75 bits per heavy atom. The molecule has 3 rings (SSSR count). The van der Waals surface area contributed by atoms with Gasteiger partial charge in [-0.15, -0.1) is 13.2 Å². The highest BCUT2D eigenvalue weighted by Crippen LogP contribution is 2.40. The fraction of sp³-hybridized carbons (Fsp3) is 0.391. The molecule has 0 aromatic heterocycles. The van der Waals surface area contributed by atoms with Crippen molar-refractivity contribution < 1.29 is 58.6 Å². The molecule has 0 saturated heterocycles. The Hall–Kier alpha value is -3.89. The van der Waals surface area contributed by atoms with Crippen molar-refractivity contribution in [3.63, 3.8) is 0 Å². The van der Waals surface area contributed by atoms with Crippen molar-refractivity contribution >= 4 is 33.4 Å². The molecule has 2 N–H and O–H groups in total. The molecule has 0 aliphatic carbocycles. The Bertz CT molecular complexity index is 1380. The summed E-state index contributed by atoms with van der Waals surface area (Å²) in [5.74, 6) is -1.31. The number of nitrogens with one attached hydrogen (secondary N) is 2. The van der Waals surface area contributed by atoms with Crippen LogP contribution in [0.4, 0.5) is 42.5 Å². The average Bonchev–Trinajstić information content (AvgIpc) is 2.80. The summed E-state index contributed by atoms with van der Waals surface area (Å²) in [6.07, 6.45) is -12.4. The van der Waals surface area contributed by atoms with E-state index in [2.05, 4.69) is 20.1 Å². The Morgan fingerprint density at radius 3 is 2.35 bits per heavy atom. The fourth-order valence-corrected chi connectivity index (χ4v) is 4.91. The van der Waals surface area contributed by atoms with E-state index >= 15 is 0 Å². The molecule has 0 unspecified atom stereocenters. The zero-order chi connectivity index (χ0) is 30.1. The minimum absolute atomic E-state index is 0.0672. The van der Waals surface area contributed by atoms with Gasteiger partial charge in [0.05, 0.1) is 23.7 Å². The number of rotatable bonds is 7. The van der Waals surface area contributed by atoms with Crippen LogP contribution in [0.5, 0.6) is 11.5 Å². The Labute approximate surface area is 224 Å². The van der Waals surface area contributed by atoms with E-state index in [0.29, 0.717) is 19.9 Å². The molecular weight excluding hydrogens is 576 g/mol. The summed E-state index contributed by atoms with van der Waals surface area (Å²) in [6, 6.07) is 7.08. The number of sulfonamides is 1. The average molecular weight is 600 g/mol. The molecule has 220 valence electrons. The lowest BCUT2D eigenvalue weighted by atomic mass is 10.1. The molecule has 1 aliphatic heterocycles. The van der Waals surface area contributed by atoms with Gasteiger partial charge in [0.1, 0.15) is 17.6 Å². The molecule has 0 fully saturated rings. The number of carbonyl (C=O) groups excluding carboxylic acids is 2. The molecule has 10 nitrogen and oxygen atoms in total. The van der Waals surface area contributed by atoms with E-state index in [0.717, 1.165) is 28.6 Å². The Kier molecular flexibility index (Phi) is 8.38. The molecule has 2 amide bonds. The minimum atomic E-state index is -5.09. The van der Waals surface area contributed by atoms with Gasteiger partial charge in [0.25, 0.3) is 10.0 Å². The molecule has 0 saturated carbocycles. The van der Waals surface area contributed by atoms with Crippen molar-refractivity contribution in [2.45, 2.75) is 49.9 Å². The maximum absolute atomic E-state index is 13.6. The van der Waals surface area contributed by atoms with Crippen LogP contribution in [-0.2, 0) is 19.6 Å². The lowest BCUT2D eigenvalue weighted by molar-refractivity contribution is -0.274. The molecule has 2 aromatic carbocycles. The number of anilines is 2. The lowest BCUT2D eigenvalue weighted by Crippen LogP contribution is -2.48.